The summed E-state index contributed by atoms with van der Waals surface area (Å²) in [5, 5.41) is 10.3. The number of aliphatic hydroxyl groups excluding tert-OH is 1. The second-order valence-corrected chi connectivity index (χ2v) is 8.25. The molecule has 21 heavy (non-hydrogen) atoms. The molecule has 2 unspecified atom stereocenters. The van der Waals surface area contributed by atoms with Crippen LogP contribution in [0.15, 0.2) is 23.8 Å². The molecule has 4 atom stereocenters. The van der Waals surface area contributed by atoms with E-state index >= 15 is 0 Å². The zero-order valence-corrected chi connectivity index (χ0v) is 13.8. The smallest absolute Gasteiger partial charge is 0.260 e. The summed E-state index contributed by atoms with van der Waals surface area (Å²) in [5.41, 5.74) is 0.954. The Balaban J connectivity index is 2.13. The van der Waals surface area contributed by atoms with Gasteiger partial charge >= 0.3 is 0 Å². The number of rotatable bonds is 2. The Morgan fingerprint density at radius 1 is 1.43 bits per heavy atom. The highest BCUT2D eigenvalue weighted by atomic mass is 33.1. The molecule has 0 spiro atoms. The lowest BCUT2D eigenvalue weighted by molar-refractivity contribution is -0.162. The number of likely N-dealkylation sites (N-methyl/N-ethyl adjacent to an activating group) is 1. The van der Waals surface area contributed by atoms with E-state index < -0.39 is 23.1 Å². The van der Waals surface area contributed by atoms with Crippen LogP contribution in [-0.2, 0) is 9.59 Å². The molecule has 2 heterocycles. The monoisotopic (exact) mass is 326 g/mol. The molecular formula is C14H18N2O3S2. The van der Waals surface area contributed by atoms with E-state index in [2.05, 4.69) is 0 Å². The number of fused-ring (bicyclic) bond motifs is 3. The quantitative estimate of drug-likeness (QED) is 0.768. The van der Waals surface area contributed by atoms with Gasteiger partial charge < -0.3 is 14.9 Å². The lowest BCUT2D eigenvalue weighted by Crippen LogP contribution is -2.68. The standard InChI is InChI=1S/C14H18N2O3S2/c1-8-12(18)16-11-9(5-4-6-10(11)17)7-14(16,21-20-3)13(19)15(8)2/h4-6,8,10-11,17H,7H2,1-3H3/t8?,10-,11?,14+/m0/s1. The van der Waals surface area contributed by atoms with E-state index in [1.165, 1.54) is 26.5 Å². The molecule has 2 fully saturated rings. The van der Waals surface area contributed by atoms with Gasteiger partial charge in [0.25, 0.3) is 5.91 Å². The lowest BCUT2D eigenvalue weighted by atomic mass is 9.97. The highest BCUT2D eigenvalue weighted by Gasteiger charge is 2.63. The van der Waals surface area contributed by atoms with Crippen LogP contribution in [0.5, 0.6) is 0 Å². The summed E-state index contributed by atoms with van der Waals surface area (Å²) in [6, 6.07) is -0.909. The number of amides is 2. The number of aliphatic hydroxyl groups is 1. The van der Waals surface area contributed by atoms with Crippen molar-refractivity contribution < 1.29 is 14.7 Å². The molecule has 1 aliphatic carbocycles. The first-order valence-corrected chi connectivity index (χ1v) is 9.37. The topological polar surface area (TPSA) is 60.9 Å². The molecule has 0 radical (unpaired) electrons. The summed E-state index contributed by atoms with van der Waals surface area (Å²) in [6.07, 6.45) is 7.03. The third-order valence-electron chi connectivity index (χ3n) is 4.48. The average Bonchev–Trinajstić information content (AvgIpc) is 2.80. The first-order chi connectivity index (χ1) is 9.94. The van der Waals surface area contributed by atoms with Gasteiger partial charge in [0.05, 0.1) is 12.1 Å². The second-order valence-electron chi connectivity index (χ2n) is 5.57. The Labute approximate surface area is 131 Å². The van der Waals surface area contributed by atoms with E-state index in [9.17, 15) is 14.7 Å². The van der Waals surface area contributed by atoms with Crippen molar-refractivity contribution >= 4 is 33.4 Å². The van der Waals surface area contributed by atoms with Crippen molar-refractivity contribution in [1.82, 2.24) is 9.80 Å². The van der Waals surface area contributed by atoms with Crippen molar-refractivity contribution in [3.63, 3.8) is 0 Å². The van der Waals surface area contributed by atoms with Crippen molar-refractivity contribution in [2.24, 2.45) is 0 Å². The number of nitrogens with zero attached hydrogens (tertiary/aromatic N) is 2. The van der Waals surface area contributed by atoms with E-state index in [0.29, 0.717) is 6.42 Å². The molecule has 1 N–H and O–H groups in total. The van der Waals surface area contributed by atoms with Crippen molar-refractivity contribution in [3.8, 4) is 0 Å². The van der Waals surface area contributed by atoms with Crippen molar-refractivity contribution in [3.05, 3.63) is 23.8 Å². The third-order valence-corrected chi connectivity index (χ3v) is 6.77. The average molecular weight is 326 g/mol. The number of carbonyl (C=O) groups is 2. The maximum absolute atomic E-state index is 12.9. The maximum atomic E-state index is 12.9. The van der Waals surface area contributed by atoms with Crippen LogP contribution < -0.4 is 0 Å². The summed E-state index contributed by atoms with van der Waals surface area (Å²) >= 11 is 0. The molecule has 114 valence electrons. The Bertz CT molecular complexity index is 562. The molecule has 2 amide bonds. The van der Waals surface area contributed by atoms with E-state index in [1.54, 1.807) is 31.0 Å². The number of hydrogen-bond acceptors (Lipinski definition) is 5. The van der Waals surface area contributed by atoms with E-state index in [-0.39, 0.29) is 11.8 Å². The van der Waals surface area contributed by atoms with Crippen molar-refractivity contribution in [2.45, 2.75) is 36.4 Å². The molecule has 0 saturated carbocycles. The van der Waals surface area contributed by atoms with Gasteiger partial charge in [-0.15, -0.1) is 0 Å². The molecule has 2 saturated heterocycles. The zero-order valence-electron chi connectivity index (χ0n) is 12.1. The van der Waals surface area contributed by atoms with E-state index in [0.717, 1.165) is 5.57 Å². The van der Waals surface area contributed by atoms with Crippen LogP contribution in [0.2, 0.25) is 0 Å². The van der Waals surface area contributed by atoms with Gasteiger partial charge in [0, 0.05) is 13.5 Å². The molecule has 0 aromatic heterocycles. The van der Waals surface area contributed by atoms with Gasteiger partial charge in [0.15, 0.2) is 4.87 Å². The fourth-order valence-electron chi connectivity index (χ4n) is 3.34. The summed E-state index contributed by atoms with van der Waals surface area (Å²) in [4.78, 5) is 27.9. The SMILES string of the molecule is CSS[C@@]12CC3=CC=C[C@H](O)C3N1C(=O)C(C)N(C)C2=O. The van der Waals surface area contributed by atoms with Crippen LogP contribution in [-0.4, -0.2) is 63.1 Å². The molecule has 0 bridgehead atoms. The molecule has 0 aromatic rings. The largest absolute Gasteiger partial charge is 0.387 e. The predicted molar refractivity (Wildman–Crippen MR) is 84.5 cm³/mol. The van der Waals surface area contributed by atoms with Gasteiger partial charge in [-0.1, -0.05) is 39.8 Å². The summed E-state index contributed by atoms with van der Waals surface area (Å²) in [7, 11) is 4.56. The molecule has 3 aliphatic rings. The van der Waals surface area contributed by atoms with Crippen LogP contribution in [0, 0.1) is 0 Å². The summed E-state index contributed by atoms with van der Waals surface area (Å²) in [5.74, 6) is -0.155. The van der Waals surface area contributed by atoms with Gasteiger partial charge in [-0.05, 0) is 18.8 Å². The molecule has 3 rings (SSSR count). The highest BCUT2D eigenvalue weighted by Crippen LogP contribution is 2.53. The minimum Gasteiger partial charge on any atom is -0.387 e. The van der Waals surface area contributed by atoms with Crippen LogP contribution in [0.3, 0.4) is 0 Å². The Kier molecular flexibility index (Phi) is 3.62. The van der Waals surface area contributed by atoms with Gasteiger partial charge in [-0.3, -0.25) is 9.59 Å². The van der Waals surface area contributed by atoms with Gasteiger partial charge in [0.2, 0.25) is 5.91 Å². The molecule has 0 aromatic carbocycles. The lowest BCUT2D eigenvalue weighted by Gasteiger charge is -2.48. The minimum absolute atomic E-state index is 0.0588. The Hall–Kier alpha value is -0.920. The van der Waals surface area contributed by atoms with E-state index in [1.807, 2.05) is 12.3 Å². The number of hydrogen-bond donors (Lipinski definition) is 1. The number of carbonyl (C=O) groups excluding carboxylic acids is 2. The van der Waals surface area contributed by atoms with Crippen LogP contribution in [0.1, 0.15) is 13.3 Å². The summed E-state index contributed by atoms with van der Waals surface area (Å²) in [6.45, 7) is 1.74. The molecular weight excluding hydrogens is 308 g/mol. The fourth-order valence-corrected chi connectivity index (χ4v) is 5.80. The minimum atomic E-state index is -0.929. The third kappa shape index (κ3) is 1.90. The molecule has 5 nitrogen and oxygen atoms in total. The molecule has 2 aliphatic heterocycles. The number of allylic oxidation sites excluding steroid dienone is 2. The van der Waals surface area contributed by atoms with Gasteiger partial charge in [0.1, 0.15) is 6.04 Å². The van der Waals surface area contributed by atoms with Gasteiger partial charge in [-0.25, -0.2) is 0 Å². The van der Waals surface area contributed by atoms with Crippen LogP contribution in [0.4, 0.5) is 0 Å². The van der Waals surface area contributed by atoms with Gasteiger partial charge in [-0.2, -0.15) is 0 Å². The summed E-state index contributed by atoms with van der Waals surface area (Å²) < 4.78 is 0. The zero-order chi connectivity index (χ0) is 15.4. The Morgan fingerprint density at radius 3 is 2.81 bits per heavy atom. The predicted octanol–water partition coefficient (Wildman–Crippen LogP) is 1.01. The normalized spacial score (nSPS) is 38.5. The fraction of sp³-hybridized carbons (Fsp3) is 0.571. The second kappa shape index (κ2) is 5.07. The van der Waals surface area contributed by atoms with Crippen LogP contribution in [0.25, 0.3) is 0 Å². The van der Waals surface area contributed by atoms with Crippen molar-refractivity contribution in [1.29, 1.82) is 0 Å². The first kappa shape index (κ1) is 15.0. The van der Waals surface area contributed by atoms with E-state index in [4.69, 9.17) is 0 Å². The van der Waals surface area contributed by atoms with Crippen molar-refractivity contribution in [2.75, 3.05) is 13.3 Å². The molecule has 7 heteroatoms. The number of piperazine rings is 1. The maximum Gasteiger partial charge on any atom is 0.260 e. The van der Waals surface area contributed by atoms with Crippen LogP contribution >= 0.6 is 21.6 Å². The first-order valence-electron chi connectivity index (χ1n) is 6.81. The Morgan fingerprint density at radius 2 is 2.14 bits per heavy atom. The highest BCUT2D eigenvalue weighted by molar-refractivity contribution is 8.77.